The number of nitrogens with zero attached hydrogens (tertiary/aromatic N) is 1. The van der Waals surface area contributed by atoms with Crippen LogP contribution in [-0.2, 0) is 25.9 Å². The number of rotatable bonds is 2. The molecule has 0 radical (unpaired) electrons. The molecule has 1 heterocycles. The van der Waals surface area contributed by atoms with Crippen molar-refractivity contribution < 1.29 is 30.7 Å². The predicted molar refractivity (Wildman–Crippen MR) is 74.0 cm³/mol. The number of carbonyl (C=O) groups is 1. The fraction of sp³-hybridized carbons (Fsp3) is 0.0714. The van der Waals surface area contributed by atoms with Crippen molar-refractivity contribution in [2.24, 2.45) is 5.84 Å². The average Bonchev–Trinajstić information content (AvgIpc) is 2.51. The SMILES string of the molecule is CC(=O)c1ccccn1.O=[C-]c1ccccc1.[Mo+2].[NH-]N. The number of hydrogen-bond acceptors (Lipinski definition) is 4. The molecule has 2 aromatic rings. The second-order valence-electron chi connectivity index (χ2n) is 3.24. The first-order chi connectivity index (χ1) is 9.24. The van der Waals surface area contributed by atoms with Gasteiger partial charge >= 0.3 is 21.1 Å². The number of aromatic nitrogens is 1. The van der Waals surface area contributed by atoms with Gasteiger partial charge in [-0.2, -0.15) is 17.7 Å². The third-order valence-corrected chi connectivity index (χ3v) is 1.92. The van der Waals surface area contributed by atoms with E-state index in [9.17, 15) is 9.59 Å². The van der Waals surface area contributed by atoms with Gasteiger partial charge in [0, 0.05) is 13.1 Å². The molecular weight excluding hydrogens is 338 g/mol. The van der Waals surface area contributed by atoms with Gasteiger partial charge in [0.1, 0.15) is 5.69 Å². The first-order valence-corrected chi connectivity index (χ1v) is 5.38. The van der Waals surface area contributed by atoms with Crippen molar-refractivity contribution in [1.29, 1.82) is 0 Å². The van der Waals surface area contributed by atoms with Gasteiger partial charge in [0.05, 0.1) is 6.29 Å². The molecule has 20 heavy (non-hydrogen) atoms. The van der Waals surface area contributed by atoms with Gasteiger partial charge in [-0.05, 0) is 12.1 Å². The molecule has 0 aliphatic carbocycles. The van der Waals surface area contributed by atoms with Gasteiger partial charge in [-0.15, -0.1) is 12.1 Å². The third-order valence-electron chi connectivity index (χ3n) is 1.92. The van der Waals surface area contributed by atoms with E-state index < -0.39 is 0 Å². The molecule has 5 nitrogen and oxygen atoms in total. The zero-order chi connectivity index (χ0) is 14.5. The molecule has 0 bridgehead atoms. The first-order valence-electron chi connectivity index (χ1n) is 5.38. The fourth-order valence-corrected chi connectivity index (χ4v) is 1.08. The zero-order valence-corrected chi connectivity index (χ0v) is 13.0. The van der Waals surface area contributed by atoms with E-state index in [1.54, 1.807) is 54.9 Å². The molecule has 2 rings (SSSR count). The van der Waals surface area contributed by atoms with Gasteiger partial charge in [-0.1, -0.05) is 12.1 Å². The molecule has 104 valence electrons. The van der Waals surface area contributed by atoms with Crippen LogP contribution in [0.15, 0.2) is 54.7 Å². The van der Waals surface area contributed by atoms with Gasteiger partial charge in [-0.25, -0.2) is 0 Å². The van der Waals surface area contributed by atoms with Crippen molar-refractivity contribution in [3.8, 4) is 0 Å². The van der Waals surface area contributed by atoms with E-state index in [-0.39, 0.29) is 26.8 Å². The molecule has 0 amide bonds. The van der Waals surface area contributed by atoms with E-state index in [2.05, 4.69) is 10.8 Å². The van der Waals surface area contributed by atoms with Gasteiger partial charge in [0.2, 0.25) is 0 Å². The minimum Gasteiger partial charge on any atom is -0.615 e. The number of pyridine rings is 1. The van der Waals surface area contributed by atoms with Crippen LogP contribution in [0.3, 0.4) is 0 Å². The maximum absolute atomic E-state index is 10.6. The number of carbonyl (C=O) groups excluding carboxylic acids is 2. The molecule has 3 N–H and O–H groups in total. The summed E-state index contributed by atoms with van der Waals surface area (Å²) >= 11 is 0. The largest absolute Gasteiger partial charge is 2.00 e. The Hall–Kier alpha value is -1.68. The van der Waals surface area contributed by atoms with Crippen molar-refractivity contribution in [3.63, 3.8) is 0 Å². The minimum atomic E-state index is 0. The van der Waals surface area contributed by atoms with E-state index in [0.717, 1.165) is 0 Å². The Morgan fingerprint density at radius 3 is 1.95 bits per heavy atom. The molecule has 0 aliphatic rings. The van der Waals surface area contributed by atoms with E-state index in [4.69, 9.17) is 5.84 Å². The van der Waals surface area contributed by atoms with E-state index in [1.807, 2.05) is 6.07 Å². The summed E-state index contributed by atoms with van der Waals surface area (Å²) in [5, 5.41) is 0. The minimum absolute atomic E-state index is 0. The molecule has 0 atom stereocenters. The maximum Gasteiger partial charge on any atom is 2.00 e. The Morgan fingerprint density at radius 1 is 1.10 bits per heavy atom. The van der Waals surface area contributed by atoms with Gasteiger partial charge in [-0.3, -0.25) is 9.78 Å². The van der Waals surface area contributed by atoms with Crippen LogP contribution in [0.1, 0.15) is 23.0 Å². The average molecular weight is 353 g/mol. The third kappa shape index (κ3) is 9.28. The second-order valence-corrected chi connectivity index (χ2v) is 3.24. The van der Waals surface area contributed by atoms with Crippen LogP contribution in [0, 0.1) is 0 Å². The Labute approximate surface area is 132 Å². The summed E-state index contributed by atoms with van der Waals surface area (Å²) in [6, 6.07) is 14.2. The Kier molecular flexibility index (Phi) is 14.2. The van der Waals surface area contributed by atoms with Gasteiger partial charge in [0.25, 0.3) is 0 Å². The molecule has 6 heteroatoms. The topological polar surface area (TPSA) is 96.8 Å². The van der Waals surface area contributed by atoms with Crippen molar-refractivity contribution in [2.75, 3.05) is 0 Å². The zero-order valence-electron chi connectivity index (χ0n) is 10.9. The smallest absolute Gasteiger partial charge is 0.615 e. The van der Waals surface area contributed by atoms with Crippen molar-refractivity contribution in [3.05, 3.63) is 71.8 Å². The Morgan fingerprint density at radius 2 is 1.65 bits per heavy atom. The Balaban J connectivity index is 0. The van der Waals surface area contributed by atoms with Crippen LogP contribution in [0.5, 0.6) is 0 Å². The number of ketones is 1. The number of nitrogens with two attached hydrogens (primary N) is 1. The molecule has 0 spiro atoms. The fourth-order valence-electron chi connectivity index (χ4n) is 1.08. The summed E-state index contributed by atoms with van der Waals surface area (Å²) in [6.45, 7) is 1.50. The standard InChI is InChI=1S/C7H7NO.C7H5O.Mo.H3N2/c1-6(9)7-4-2-3-5-8-7;8-6-7-4-2-1-3-5-7;;1-2/h2-5H,1H3;1-5H;;1H,2H2/q;-1;+2;-1. The second kappa shape index (κ2) is 13.7. The molecule has 0 fully saturated rings. The van der Waals surface area contributed by atoms with Crippen molar-refractivity contribution >= 4 is 12.1 Å². The molecule has 0 saturated heterocycles. The monoisotopic (exact) mass is 355 g/mol. The summed E-state index contributed by atoms with van der Waals surface area (Å²) in [5.41, 5.74) is 1.13. The van der Waals surface area contributed by atoms with Crippen LogP contribution in [0.4, 0.5) is 0 Å². The quantitative estimate of drug-likeness (QED) is 0.295. The van der Waals surface area contributed by atoms with Crippen LogP contribution < -0.4 is 5.84 Å². The van der Waals surface area contributed by atoms with Crippen LogP contribution >= 0.6 is 0 Å². The summed E-state index contributed by atoms with van der Waals surface area (Å²) in [7, 11) is 0. The predicted octanol–water partition coefficient (Wildman–Crippen LogP) is 2.34. The van der Waals surface area contributed by atoms with E-state index >= 15 is 0 Å². The summed E-state index contributed by atoms with van der Waals surface area (Å²) in [6.07, 6.45) is 3.38. The number of hydrogen-bond donors (Lipinski definition) is 1. The van der Waals surface area contributed by atoms with Gasteiger partial charge in [0.15, 0.2) is 5.78 Å². The molecule has 0 saturated carbocycles. The normalized spacial score (nSPS) is 7.75. The Bertz CT molecular complexity index is 478. The molecule has 1 aromatic heterocycles. The van der Waals surface area contributed by atoms with Crippen molar-refractivity contribution in [2.45, 2.75) is 6.92 Å². The molecule has 1 aromatic carbocycles. The number of Topliss-reactive ketones (excluding diaryl/α,β-unsaturated/α-hetero) is 1. The van der Waals surface area contributed by atoms with Gasteiger partial charge < -0.3 is 16.5 Å². The molecule has 0 unspecified atom stereocenters. The van der Waals surface area contributed by atoms with E-state index in [1.165, 1.54) is 6.92 Å². The van der Waals surface area contributed by atoms with Crippen LogP contribution in [-0.4, -0.2) is 17.1 Å². The summed E-state index contributed by atoms with van der Waals surface area (Å²) in [4.78, 5) is 24.3. The number of benzene rings is 1. The van der Waals surface area contributed by atoms with Crippen molar-refractivity contribution in [1.82, 2.24) is 4.98 Å². The summed E-state index contributed by atoms with van der Waals surface area (Å²) < 4.78 is 0. The van der Waals surface area contributed by atoms with Crippen LogP contribution in [0.25, 0.3) is 5.84 Å². The van der Waals surface area contributed by atoms with E-state index in [0.29, 0.717) is 11.3 Å². The number of nitrogens with one attached hydrogen (secondary N) is 1. The van der Waals surface area contributed by atoms with Crippen LogP contribution in [0.2, 0.25) is 0 Å². The summed E-state index contributed by atoms with van der Waals surface area (Å²) in [5.74, 6) is 9.01. The first kappa shape index (κ1) is 20.6. The molecular formula is C14H15MoN3O2. The molecule has 0 aliphatic heterocycles. The maximum atomic E-state index is 10.6.